The molecule has 0 aliphatic carbocycles. The molecule has 4 aromatic carbocycles. The van der Waals surface area contributed by atoms with Crippen LogP contribution in [0, 0.1) is 24.4 Å². The molecule has 2 saturated heterocycles. The number of hydrogen-bond acceptors (Lipinski definition) is 12. The molecular weight excluding hydrogens is 978 g/mol. The number of fused-ring (bicyclic) bond motifs is 2. The number of hydrogen-bond donors (Lipinski definition) is 4. The summed E-state index contributed by atoms with van der Waals surface area (Å²) in [4.78, 5) is 69.9. The van der Waals surface area contributed by atoms with E-state index in [2.05, 4.69) is 43.7 Å². The third kappa shape index (κ3) is 10.7. The summed E-state index contributed by atoms with van der Waals surface area (Å²) < 4.78 is 46.5. The number of carbonyl (C=O) groups excluding carboxylic acids is 4. The van der Waals surface area contributed by atoms with Crippen LogP contribution in [0.5, 0.6) is 0 Å². The fraction of sp³-hybridized carbons (Fsp3) is 0.236. The van der Waals surface area contributed by atoms with Crippen molar-refractivity contribution in [2.24, 2.45) is 0 Å². The second-order valence-electron chi connectivity index (χ2n) is 18.4. The van der Waals surface area contributed by atoms with Crippen LogP contribution >= 0.6 is 0 Å². The number of nitrogens with one attached hydrogen (secondary N) is 2. The van der Waals surface area contributed by atoms with Crippen LogP contribution in [0.1, 0.15) is 75.2 Å². The van der Waals surface area contributed by atoms with Crippen molar-refractivity contribution in [1.82, 2.24) is 59.9 Å². The maximum absolute atomic E-state index is 15.1. The second-order valence-corrected chi connectivity index (χ2v) is 18.4. The van der Waals surface area contributed by atoms with Crippen molar-refractivity contribution >= 4 is 57.3 Å². The van der Waals surface area contributed by atoms with Crippen LogP contribution in [0.4, 0.5) is 24.8 Å². The van der Waals surface area contributed by atoms with Gasteiger partial charge in [0.05, 0.1) is 22.9 Å². The lowest BCUT2D eigenvalue weighted by Crippen LogP contribution is -2.40. The van der Waals surface area contributed by atoms with Crippen molar-refractivity contribution in [2.75, 3.05) is 37.6 Å². The number of anilines is 2. The molecule has 21 heteroatoms. The average Bonchev–Trinajstić information content (AvgIpc) is 4.08. The van der Waals surface area contributed by atoms with Crippen molar-refractivity contribution < 1.29 is 32.3 Å². The van der Waals surface area contributed by atoms with Gasteiger partial charge in [0.25, 0.3) is 11.8 Å². The van der Waals surface area contributed by atoms with Gasteiger partial charge < -0.3 is 31.9 Å². The van der Waals surface area contributed by atoms with E-state index in [1.165, 1.54) is 36.9 Å². The van der Waals surface area contributed by atoms with E-state index >= 15 is 4.39 Å². The highest BCUT2D eigenvalue weighted by molar-refractivity contribution is 6.00. The summed E-state index contributed by atoms with van der Waals surface area (Å²) >= 11 is 0. The molecule has 76 heavy (non-hydrogen) atoms. The van der Waals surface area contributed by atoms with Crippen LogP contribution in [0.25, 0.3) is 44.6 Å². The van der Waals surface area contributed by atoms with Crippen LogP contribution in [-0.4, -0.2) is 99.1 Å². The molecule has 2 fully saturated rings. The zero-order valence-corrected chi connectivity index (χ0v) is 41.4. The number of carbonyl (C=O) groups is 4. The maximum atomic E-state index is 15.1. The number of nitrogens with zero attached hydrogens (tertiary/aromatic N) is 10. The van der Waals surface area contributed by atoms with Gasteiger partial charge in [0.2, 0.25) is 11.8 Å². The number of nitrogen functional groups attached to an aromatic ring is 2. The Kier molecular flexibility index (Phi) is 15.3. The molecular formula is C55H53F3N14O4. The van der Waals surface area contributed by atoms with E-state index < -0.39 is 28.9 Å². The van der Waals surface area contributed by atoms with Gasteiger partial charge in [0.15, 0.2) is 11.3 Å². The van der Waals surface area contributed by atoms with Crippen molar-refractivity contribution in [1.29, 1.82) is 0 Å². The molecule has 2 aliphatic heterocycles. The molecule has 4 aromatic heterocycles. The van der Waals surface area contributed by atoms with Crippen molar-refractivity contribution in [3.63, 3.8) is 0 Å². The molecule has 2 aliphatic rings. The molecule has 0 saturated carbocycles. The smallest absolute Gasteiger partial charge is 0.257 e. The topological polar surface area (TPSA) is 238 Å². The number of aromatic nitrogens is 8. The predicted octanol–water partition coefficient (Wildman–Crippen LogP) is 7.44. The Morgan fingerprint density at radius 1 is 0.645 bits per heavy atom. The van der Waals surface area contributed by atoms with Crippen LogP contribution in [0.3, 0.4) is 0 Å². The predicted molar refractivity (Wildman–Crippen MR) is 280 cm³/mol. The summed E-state index contributed by atoms with van der Waals surface area (Å²) in [5.74, 6) is -3.53. The van der Waals surface area contributed by atoms with Gasteiger partial charge in [-0.3, -0.25) is 19.2 Å². The summed E-state index contributed by atoms with van der Waals surface area (Å²) in [6.07, 6.45) is 8.62. The van der Waals surface area contributed by atoms with Gasteiger partial charge in [-0.15, -0.1) is 0 Å². The minimum Gasteiger partial charge on any atom is -0.383 e. The molecule has 10 rings (SSSR count). The number of piperidine rings is 2. The molecule has 2 unspecified atom stereocenters. The van der Waals surface area contributed by atoms with Crippen LogP contribution in [0.2, 0.25) is 0 Å². The highest BCUT2D eigenvalue weighted by atomic mass is 19.1. The Morgan fingerprint density at radius 3 is 1.71 bits per heavy atom. The van der Waals surface area contributed by atoms with Gasteiger partial charge in [-0.1, -0.05) is 73.8 Å². The molecule has 6 heterocycles. The number of amides is 4. The van der Waals surface area contributed by atoms with E-state index in [9.17, 15) is 28.0 Å². The van der Waals surface area contributed by atoms with Crippen molar-refractivity contribution in [3.05, 3.63) is 168 Å². The number of likely N-dealkylation sites (tertiary alicyclic amines) is 2. The first-order valence-corrected chi connectivity index (χ1v) is 24.5. The van der Waals surface area contributed by atoms with E-state index in [0.717, 1.165) is 60.6 Å². The maximum Gasteiger partial charge on any atom is 0.257 e. The lowest BCUT2D eigenvalue weighted by Gasteiger charge is -2.32. The molecule has 2 atom stereocenters. The first-order chi connectivity index (χ1) is 36.7. The Hall–Kier alpha value is -9.27. The Bertz CT molecular complexity index is 3520. The van der Waals surface area contributed by atoms with Crippen LogP contribution in [0.15, 0.2) is 123 Å². The van der Waals surface area contributed by atoms with Gasteiger partial charge in [0, 0.05) is 61.5 Å². The molecule has 4 amide bonds. The van der Waals surface area contributed by atoms with Crippen LogP contribution in [-0.2, 0) is 22.7 Å². The Labute approximate surface area is 434 Å². The van der Waals surface area contributed by atoms with E-state index in [4.69, 9.17) is 21.7 Å². The molecule has 388 valence electrons. The summed E-state index contributed by atoms with van der Waals surface area (Å²) in [7, 11) is 0. The number of nitrogens with two attached hydrogens (primary N) is 2. The average molecular weight is 1030 g/mol. The number of rotatable bonds is 12. The second kappa shape index (κ2) is 22.5. The van der Waals surface area contributed by atoms with Crippen molar-refractivity contribution in [3.8, 4) is 22.5 Å². The first-order valence-electron chi connectivity index (χ1n) is 24.5. The molecule has 18 nitrogen and oxygen atoms in total. The third-order valence-corrected chi connectivity index (χ3v) is 13.5. The fourth-order valence-corrected chi connectivity index (χ4v) is 9.57. The molecule has 8 aromatic rings. The van der Waals surface area contributed by atoms with E-state index in [1.54, 1.807) is 20.5 Å². The summed E-state index contributed by atoms with van der Waals surface area (Å²) in [5.41, 5.74) is 17.8. The fourth-order valence-electron chi connectivity index (χ4n) is 9.57. The quantitative estimate of drug-likeness (QED) is 0.0874. The SMILES string of the molecule is C=CC(=O)N1CCCC(n2nc(-c3ccc(CNC(=O)c4c(F)cccc4F)c(F)c3)c3c(N)ncnc32)C1.C=CC(=O)N1CCCC(n2nc(-c3ccc(CNC(=O)c4ccccc4C)cc3)c3c(N)ncnc32)C1. The summed E-state index contributed by atoms with van der Waals surface area (Å²) in [6, 6.07) is 22.5. The Morgan fingerprint density at radius 2 is 1.17 bits per heavy atom. The Balaban J connectivity index is 0.000000186. The standard InChI is InChI=1S/C28H29N7O2.C27H24F3N7O2/c1-3-23(36)34-14-6-8-21(16-34)35-27-24(26(29)31-17-32-27)25(33-35)20-12-10-19(11-13-20)15-30-28(37)22-9-5-4-7-18(22)2;1-2-21(38)36-10-4-5-17(13-36)37-26-23(25(31)33-14-34-26)24(35-37)15-8-9-16(20(30)11-15)12-32-27(39)22-18(28)6-3-7-19(22)29/h3-5,7,9-13,17,21H,1,6,8,14-16H2,2H3,(H,30,37)(H2,29,31,32);2-3,6-9,11,14,17H,1,4-5,10,12-13H2,(H,32,39)(H2,31,33,34). The van der Waals surface area contributed by atoms with Crippen LogP contribution < -0.4 is 22.1 Å². The summed E-state index contributed by atoms with van der Waals surface area (Å²) in [5, 5.41) is 16.1. The zero-order chi connectivity index (χ0) is 53.6. The van der Waals surface area contributed by atoms with Gasteiger partial charge in [-0.2, -0.15) is 10.2 Å². The lowest BCUT2D eigenvalue weighted by molar-refractivity contribution is -0.128. The zero-order valence-electron chi connectivity index (χ0n) is 41.4. The van der Waals surface area contributed by atoms with Gasteiger partial charge in [0.1, 0.15) is 58.7 Å². The van der Waals surface area contributed by atoms with E-state index in [1.807, 2.05) is 60.1 Å². The van der Waals surface area contributed by atoms with Gasteiger partial charge in [-0.05, 0) is 80.2 Å². The molecule has 0 bridgehead atoms. The van der Waals surface area contributed by atoms with Crippen molar-refractivity contribution in [2.45, 2.75) is 57.8 Å². The van der Waals surface area contributed by atoms with E-state index in [-0.39, 0.29) is 47.7 Å². The highest BCUT2D eigenvalue weighted by Gasteiger charge is 2.30. The molecule has 6 N–H and O–H groups in total. The molecule has 0 radical (unpaired) electrons. The molecule has 0 spiro atoms. The normalized spacial score (nSPS) is 15.4. The largest absolute Gasteiger partial charge is 0.383 e. The minimum atomic E-state index is -1.01. The number of benzene rings is 4. The third-order valence-electron chi connectivity index (χ3n) is 13.5. The van der Waals surface area contributed by atoms with Gasteiger partial charge in [-0.25, -0.2) is 42.5 Å². The minimum absolute atomic E-state index is 0.0286. The first kappa shape index (κ1) is 51.6. The van der Waals surface area contributed by atoms with Gasteiger partial charge >= 0.3 is 0 Å². The monoisotopic (exact) mass is 1030 g/mol. The number of halogens is 3. The summed E-state index contributed by atoms with van der Waals surface area (Å²) in [6.45, 7) is 11.4. The number of aryl methyl sites for hydroxylation is 1. The highest BCUT2D eigenvalue weighted by Crippen LogP contribution is 2.36. The van der Waals surface area contributed by atoms with E-state index in [0.29, 0.717) is 83.1 Å². The lowest BCUT2D eigenvalue weighted by atomic mass is 10.1.